The molecule has 1 saturated heterocycles. The number of rotatable bonds is 1. The third-order valence-electron chi connectivity index (χ3n) is 1.52. The lowest BCUT2D eigenvalue weighted by Gasteiger charge is -2.25. The van der Waals surface area contributed by atoms with Crippen LogP contribution in [0, 0.1) is 0 Å². The van der Waals surface area contributed by atoms with E-state index in [9.17, 15) is 0 Å². The highest BCUT2D eigenvalue weighted by molar-refractivity contribution is 6.56. The fraction of sp³-hybridized carbons (Fsp3) is 1.00. The molecule has 0 saturated carbocycles. The van der Waals surface area contributed by atoms with E-state index in [4.69, 9.17) is 51.1 Å². The Morgan fingerprint density at radius 2 is 1.36 bits per heavy atom. The van der Waals surface area contributed by atoms with Crippen molar-refractivity contribution in [2.45, 2.75) is 35.7 Å². The van der Waals surface area contributed by atoms with Gasteiger partial charge in [-0.25, -0.2) is 0 Å². The van der Waals surface area contributed by atoms with Crippen LogP contribution in [0.3, 0.4) is 0 Å². The van der Waals surface area contributed by atoms with Gasteiger partial charge in [0.15, 0.2) is 0 Å². The van der Waals surface area contributed by atoms with Crippen molar-refractivity contribution in [3.8, 4) is 0 Å². The number of ether oxygens (including phenoxy) is 1. The van der Waals surface area contributed by atoms with Crippen LogP contribution in [0.15, 0.2) is 0 Å². The van der Waals surface area contributed by atoms with Gasteiger partial charge in [-0.05, 0) is 13.8 Å². The van der Waals surface area contributed by atoms with E-state index in [0.29, 0.717) is 12.2 Å². The lowest BCUT2D eigenvalue weighted by molar-refractivity contribution is -0.0166. The molecule has 1 fully saturated rings. The number of hydrogen-bond donors (Lipinski definition) is 1. The smallest absolute Gasteiger partial charge is 0.137 e. The summed E-state index contributed by atoms with van der Waals surface area (Å²) in [5.41, 5.74) is 0. The second-order valence-electron chi connectivity index (χ2n) is 3.08. The van der Waals surface area contributed by atoms with E-state index in [1.165, 1.54) is 0 Å². The van der Waals surface area contributed by atoms with Gasteiger partial charge in [0, 0.05) is 13.1 Å². The van der Waals surface area contributed by atoms with E-state index in [1.54, 1.807) is 0 Å². The van der Waals surface area contributed by atoms with E-state index in [2.05, 4.69) is 19.2 Å². The van der Waals surface area contributed by atoms with Crippen LogP contribution in [-0.2, 0) is 4.74 Å². The predicted molar refractivity (Wildman–Crippen MR) is 63.9 cm³/mol. The molecule has 0 aromatic carbocycles. The predicted octanol–water partition coefficient (Wildman–Crippen LogP) is 2.98. The van der Waals surface area contributed by atoms with Gasteiger partial charge in [0.2, 0.25) is 0 Å². The maximum Gasteiger partial charge on any atom is 0.137 e. The lowest BCUT2D eigenvalue weighted by Crippen LogP contribution is -2.41. The fourth-order valence-corrected chi connectivity index (χ4v) is 0.983. The van der Waals surface area contributed by atoms with Gasteiger partial charge in [0.05, 0.1) is 12.2 Å². The van der Waals surface area contributed by atoms with E-state index >= 15 is 0 Å². The van der Waals surface area contributed by atoms with Crippen LogP contribution in [0.5, 0.6) is 0 Å². The van der Waals surface area contributed by atoms with Crippen molar-refractivity contribution in [2.75, 3.05) is 13.1 Å². The molecule has 6 heteroatoms. The summed E-state index contributed by atoms with van der Waals surface area (Å²) in [7, 11) is 0. The molecule has 0 aromatic rings. The molecule has 86 valence electrons. The van der Waals surface area contributed by atoms with Gasteiger partial charge in [-0.2, -0.15) is 0 Å². The molecule has 0 spiro atoms. The summed E-state index contributed by atoms with van der Waals surface area (Å²) in [6.45, 7) is 6.18. The molecule has 2 unspecified atom stereocenters. The van der Waals surface area contributed by atoms with Crippen molar-refractivity contribution < 1.29 is 4.74 Å². The highest BCUT2D eigenvalue weighted by Crippen LogP contribution is 2.16. The molecule has 1 aliphatic heterocycles. The Bertz CT molecular complexity index is 131. The zero-order chi connectivity index (χ0) is 11.1. The first-order valence-electron chi connectivity index (χ1n) is 4.36. The monoisotopic (exact) mass is 281 g/mol. The van der Waals surface area contributed by atoms with Gasteiger partial charge in [0.1, 0.15) is 9.67 Å². The van der Waals surface area contributed by atoms with Crippen molar-refractivity contribution in [3.63, 3.8) is 0 Å². The molecule has 2 nitrogen and oxygen atoms in total. The van der Waals surface area contributed by atoms with Crippen molar-refractivity contribution in [1.82, 2.24) is 5.32 Å². The molecule has 1 N–H and O–H groups in total. The van der Waals surface area contributed by atoms with Gasteiger partial charge in [-0.1, -0.05) is 0 Å². The zero-order valence-electron chi connectivity index (χ0n) is 8.14. The maximum absolute atomic E-state index is 5.42. The highest BCUT2D eigenvalue weighted by Gasteiger charge is 2.12. The number of halogens is 4. The largest absolute Gasteiger partial charge is 0.373 e. The van der Waals surface area contributed by atoms with Crippen LogP contribution in [-0.4, -0.2) is 35.0 Å². The van der Waals surface area contributed by atoms with Crippen molar-refractivity contribution >= 4 is 46.4 Å². The van der Waals surface area contributed by atoms with Crippen LogP contribution in [0.4, 0.5) is 0 Å². The first kappa shape index (κ1) is 15.1. The molecule has 0 aliphatic carbocycles. The highest BCUT2D eigenvalue weighted by atomic mass is 35.5. The average molecular weight is 283 g/mol. The Hall–Kier alpha value is 1.08. The van der Waals surface area contributed by atoms with Crippen molar-refractivity contribution in [3.05, 3.63) is 0 Å². The molecule has 0 amide bonds. The molecular weight excluding hydrogens is 268 g/mol. The van der Waals surface area contributed by atoms with Gasteiger partial charge in [0.25, 0.3) is 0 Å². The third kappa shape index (κ3) is 8.39. The third-order valence-corrected chi connectivity index (χ3v) is 3.04. The fourth-order valence-electron chi connectivity index (χ4n) is 0.983. The topological polar surface area (TPSA) is 21.3 Å². The normalized spacial score (nSPS) is 27.4. The summed E-state index contributed by atoms with van der Waals surface area (Å²) >= 11 is 20.5. The number of hydrogen-bond acceptors (Lipinski definition) is 2. The van der Waals surface area contributed by atoms with E-state index < -0.39 is 9.67 Å². The number of morpholine rings is 1. The van der Waals surface area contributed by atoms with Gasteiger partial charge in [-0.15, -0.1) is 46.4 Å². The van der Waals surface area contributed by atoms with Crippen LogP contribution in [0.25, 0.3) is 0 Å². The minimum Gasteiger partial charge on any atom is -0.373 e. The van der Waals surface area contributed by atoms with Gasteiger partial charge >= 0.3 is 0 Å². The second kappa shape index (κ2) is 8.26. The van der Waals surface area contributed by atoms with E-state index in [-0.39, 0.29) is 0 Å². The zero-order valence-corrected chi connectivity index (χ0v) is 11.2. The van der Waals surface area contributed by atoms with E-state index in [1.807, 2.05) is 0 Å². The summed E-state index contributed by atoms with van der Waals surface area (Å²) in [4.78, 5) is -1.35. The van der Waals surface area contributed by atoms with Gasteiger partial charge < -0.3 is 10.1 Å². The average Bonchev–Trinajstić information content (AvgIpc) is 2.04. The molecule has 0 bridgehead atoms. The molecule has 1 heterocycles. The molecule has 2 atom stereocenters. The van der Waals surface area contributed by atoms with Crippen LogP contribution in [0.1, 0.15) is 13.8 Å². The Labute approximate surface area is 105 Å². The van der Waals surface area contributed by atoms with Crippen LogP contribution < -0.4 is 5.32 Å². The molecule has 1 rings (SSSR count). The number of alkyl halides is 4. The molecule has 0 aromatic heterocycles. The quantitative estimate of drug-likeness (QED) is 0.747. The van der Waals surface area contributed by atoms with Gasteiger partial charge in [-0.3, -0.25) is 0 Å². The molecule has 0 radical (unpaired) electrons. The summed E-state index contributed by atoms with van der Waals surface area (Å²) < 4.78 is 5.42. The second-order valence-corrected chi connectivity index (χ2v) is 5.41. The summed E-state index contributed by atoms with van der Waals surface area (Å²) in [6.07, 6.45) is 0.803. The molecule has 14 heavy (non-hydrogen) atoms. The minimum absolute atomic E-state index is 0.402. The Balaban J connectivity index is 0.000000255. The summed E-state index contributed by atoms with van der Waals surface area (Å²) in [6, 6.07) is 0. The Morgan fingerprint density at radius 3 is 1.50 bits per heavy atom. The molecular formula is C8H15Cl4NO. The first-order chi connectivity index (χ1) is 6.43. The standard InChI is InChI=1S/C6H13NO.C2H2Cl4/c1-5-3-7-4-6(2)8-5;3-1(4)2(5)6/h5-7H,3-4H2,1-2H3;1-2H. The Kier molecular flexibility index (Phi) is 8.89. The van der Waals surface area contributed by atoms with Crippen LogP contribution in [0.2, 0.25) is 0 Å². The van der Waals surface area contributed by atoms with Crippen molar-refractivity contribution in [1.29, 1.82) is 0 Å². The van der Waals surface area contributed by atoms with Crippen LogP contribution >= 0.6 is 46.4 Å². The Morgan fingerprint density at radius 1 is 1.00 bits per heavy atom. The minimum atomic E-state index is -0.673. The molecule has 1 aliphatic rings. The lowest BCUT2D eigenvalue weighted by atomic mass is 10.3. The maximum atomic E-state index is 5.42. The van der Waals surface area contributed by atoms with E-state index in [0.717, 1.165) is 13.1 Å². The first-order valence-corrected chi connectivity index (χ1v) is 6.10. The number of nitrogens with one attached hydrogen (secondary N) is 1. The van der Waals surface area contributed by atoms with Crippen molar-refractivity contribution in [2.24, 2.45) is 0 Å². The summed E-state index contributed by atoms with van der Waals surface area (Å²) in [5.74, 6) is 0. The SMILES string of the molecule is CC1CNCC(C)O1.ClC(Cl)C(Cl)Cl. The summed E-state index contributed by atoms with van der Waals surface area (Å²) in [5, 5.41) is 3.26.